The second-order valence-corrected chi connectivity index (χ2v) is 20.5. The molecule has 3 unspecified atom stereocenters. The number of nitrogens with one attached hydrogen (secondary N) is 1. The fourth-order valence-corrected chi connectivity index (χ4v) is 11.1. The molecule has 14 nitrogen and oxygen atoms in total. The van der Waals surface area contributed by atoms with Crippen molar-refractivity contribution in [3.8, 4) is 0 Å². The Morgan fingerprint density at radius 1 is 0.953 bits per heavy atom. The lowest BCUT2D eigenvalue weighted by Crippen LogP contribution is -2.61. The number of hydrogen-bond acceptors (Lipinski definition) is 14. The number of carbonyl (C=O) groups excluding carboxylic acids is 2. The Kier molecular flexibility index (Phi) is 18.1. The molecule has 4 aliphatic rings. The molecule has 0 saturated carbocycles. The standard InChI is InChI=1S/C49H79ClN2O12/c1-15-37-49(11)39(28(3)26-59-49)30(5)40(53)27(2)23-48(10,58-21-20-51-25-34-16-18-35(50)19-17-34)44(64-46-41(54)36(52(12)13)22-29(4)60-46)31(6)42(32(7)45(56)62-37)63-38-24-47(9,57-14)43(55)33(8)61-38/h16-19,27,29-33,36-39,41-44,46,51,54-55H,3,15,20-26H2,1-2,4-14H3/t27?,29-,30?,31+,32-,33+,36+,37-,38+,39+,41-,42+,43?,44-,46+,47-,48-,49-/m1/s1. The van der Waals surface area contributed by atoms with E-state index in [1.165, 1.54) is 0 Å². The van der Waals surface area contributed by atoms with E-state index in [9.17, 15) is 19.8 Å². The van der Waals surface area contributed by atoms with Crippen molar-refractivity contribution in [3.05, 3.63) is 47.0 Å². The van der Waals surface area contributed by atoms with Crippen molar-refractivity contribution < 1.29 is 57.7 Å². The summed E-state index contributed by atoms with van der Waals surface area (Å²) in [5.74, 6) is -3.70. The fourth-order valence-electron chi connectivity index (χ4n) is 11.0. The molecular weight excluding hydrogens is 844 g/mol. The predicted molar refractivity (Wildman–Crippen MR) is 244 cm³/mol. The number of benzene rings is 1. The van der Waals surface area contributed by atoms with Crippen LogP contribution in [0.3, 0.4) is 0 Å². The molecule has 0 spiro atoms. The minimum atomic E-state index is -1.25. The van der Waals surface area contributed by atoms with Gasteiger partial charge in [0.2, 0.25) is 0 Å². The number of nitrogens with zero attached hydrogens (tertiary/aromatic N) is 1. The number of methoxy groups -OCH3 is 1. The lowest BCUT2D eigenvalue weighted by Gasteiger charge is -2.50. The number of cyclic esters (lactones) is 1. The van der Waals surface area contributed by atoms with Crippen LogP contribution in [0.15, 0.2) is 36.4 Å². The van der Waals surface area contributed by atoms with Crippen LogP contribution in [-0.2, 0) is 54.0 Å². The summed E-state index contributed by atoms with van der Waals surface area (Å²) in [6, 6.07) is 7.34. The zero-order chi connectivity index (χ0) is 47.5. The van der Waals surface area contributed by atoms with E-state index in [2.05, 4.69) is 11.9 Å². The van der Waals surface area contributed by atoms with Crippen molar-refractivity contribution in [2.45, 2.75) is 180 Å². The average molecular weight is 924 g/mol. The summed E-state index contributed by atoms with van der Waals surface area (Å²) in [5, 5.41) is 27.2. The number of likely N-dealkylation sites (N-methyl/N-ethyl adjacent to an activating group) is 1. The highest BCUT2D eigenvalue weighted by molar-refractivity contribution is 6.30. The number of Topliss-reactive ketones (excluding diaryl/α,β-unsaturated/α-hetero) is 1. The minimum absolute atomic E-state index is 0.0124. The van der Waals surface area contributed by atoms with E-state index >= 15 is 0 Å². The second kappa shape index (κ2) is 21.9. The van der Waals surface area contributed by atoms with Crippen molar-refractivity contribution in [2.75, 3.05) is 41.0 Å². The number of fused-ring (bicyclic) bond motifs is 1. The summed E-state index contributed by atoms with van der Waals surface area (Å²) >= 11 is 6.14. The van der Waals surface area contributed by atoms with E-state index in [-0.39, 0.29) is 44.0 Å². The fraction of sp³-hybridized carbons (Fsp3) is 0.796. The molecule has 0 aromatic heterocycles. The Morgan fingerprint density at radius 3 is 2.25 bits per heavy atom. The number of aliphatic hydroxyl groups is 2. The molecule has 3 N–H and O–H groups in total. The molecule has 0 radical (unpaired) electrons. The average Bonchev–Trinajstić information content (AvgIpc) is 3.56. The normalized spacial score (nSPS) is 42.9. The first kappa shape index (κ1) is 52.9. The van der Waals surface area contributed by atoms with Crippen molar-refractivity contribution in [2.24, 2.45) is 29.6 Å². The van der Waals surface area contributed by atoms with Gasteiger partial charge in [0.15, 0.2) is 12.6 Å². The van der Waals surface area contributed by atoms with E-state index in [0.717, 1.165) is 11.1 Å². The summed E-state index contributed by atoms with van der Waals surface area (Å²) < 4.78 is 52.7. The van der Waals surface area contributed by atoms with Crippen LogP contribution in [0.25, 0.3) is 0 Å². The summed E-state index contributed by atoms with van der Waals surface area (Å²) in [6.07, 6.45) is -6.23. The van der Waals surface area contributed by atoms with Gasteiger partial charge in [0.1, 0.15) is 29.7 Å². The molecule has 5 rings (SSSR count). The van der Waals surface area contributed by atoms with Gasteiger partial charge in [0, 0.05) is 61.4 Å². The van der Waals surface area contributed by atoms with Crippen LogP contribution in [0.5, 0.6) is 0 Å². The molecule has 4 fully saturated rings. The molecule has 364 valence electrons. The topological polar surface area (TPSA) is 164 Å². The van der Waals surface area contributed by atoms with Gasteiger partial charge in [-0.25, -0.2) is 0 Å². The van der Waals surface area contributed by atoms with E-state index in [1.54, 1.807) is 27.9 Å². The van der Waals surface area contributed by atoms with Gasteiger partial charge < -0.3 is 58.3 Å². The first-order valence-corrected chi connectivity index (χ1v) is 23.7. The first-order valence-electron chi connectivity index (χ1n) is 23.3. The number of esters is 1. The molecule has 4 heterocycles. The van der Waals surface area contributed by atoms with Gasteiger partial charge in [-0.3, -0.25) is 9.59 Å². The van der Waals surface area contributed by atoms with Crippen molar-refractivity contribution in [1.29, 1.82) is 0 Å². The van der Waals surface area contributed by atoms with Gasteiger partial charge in [0.05, 0.1) is 54.7 Å². The quantitative estimate of drug-likeness (QED) is 0.118. The van der Waals surface area contributed by atoms with Crippen LogP contribution >= 0.6 is 11.6 Å². The summed E-state index contributed by atoms with van der Waals surface area (Å²) in [6.45, 7) is 24.7. The van der Waals surface area contributed by atoms with E-state index < -0.39 is 102 Å². The van der Waals surface area contributed by atoms with Crippen LogP contribution in [-0.4, -0.2) is 146 Å². The third-order valence-electron chi connectivity index (χ3n) is 14.8. The molecule has 1 aromatic carbocycles. The Bertz CT molecular complexity index is 1720. The van der Waals surface area contributed by atoms with Crippen molar-refractivity contribution in [1.82, 2.24) is 10.2 Å². The molecule has 0 aliphatic carbocycles. The lowest BCUT2D eigenvalue weighted by molar-refractivity contribution is -0.320. The van der Waals surface area contributed by atoms with Gasteiger partial charge >= 0.3 is 5.97 Å². The van der Waals surface area contributed by atoms with Crippen LogP contribution < -0.4 is 5.32 Å². The number of ketones is 1. The van der Waals surface area contributed by atoms with Gasteiger partial charge in [-0.05, 0) is 98.2 Å². The number of hydrogen-bond donors (Lipinski definition) is 3. The third-order valence-corrected chi connectivity index (χ3v) is 15.0. The maximum absolute atomic E-state index is 14.9. The SMILES string of the molecule is C=C1CO[C@]2(C)[C@@H](CC)OC(=O)[C@H](C)[C@@H](O[C@H]3C[C@@](C)(OC)C(O)[C@H](C)O3)[C@H](C)[C@@H](O[C@@H]3O[C@H](C)C[C@H](N(C)C)[C@H]3O)[C@](C)(OCCNCc3ccc(Cl)cc3)CC(C)C(=O)C(C)[C@H]12. The van der Waals surface area contributed by atoms with E-state index in [1.807, 2.05) is 91.7 Å². The molecular formula is C49H79ClN2O12. The van der Waals surface area contributed by atoms with Crippen LogP contribution in [0, 0.1) is 29.6 Å². The van der Waals surface area contributed by atoms with Crippen LogP contribution in [0.2, 0.25) is 5.02 Å². The minimum Gasteiger partial charge on any atom is -0.459 e. The predicted octanol–water partition coefficient (Wildman–Crippen LogP) is 6.10. The molecule has 15 heteroatoms. The number of halogens is 1. The molecule has 64 heavy (non-hydrogen) atoms. The van der Waals surface area contributed by atoms with Crippen molar-refractivity contribution >= 4 is 23.4 Å². The smallest absolute Gasteiger partial charge is 0.311 e. The second-order valence-electron chi connectivity index (χ2n) is 20.0. The molecule has 4 aliphatic heterocycles. The Morgan fingerprint density at radius 2 is 1.62 bits per heavy atom. The Labute approximate surface area is 387 Å². The van der Waals surface area contributed by atoms with Gasteiger partial charge in [-0.15, -0.1) is 0 Å². The number of ether oxygens (including phenoxy) is 8. The van der Waals surface area contributed by atoms with E-state index in [4.69, 9.17) is 49.5 Å². The molecule has 4 saturated heterocycles. The number of rotatable bonds is 13. The summed E-state index contributed by atoms with van der Waals surface area (Å²) in [7, 11) is 5.37. The molecule has 18 atom stereocenters. The van der Waals surface area contributed by atoms with Crippen LogP contribution in [0.4, 0.5) is 0 Å². The van der Waals surface area contributed by atoms with Gasteiger partial charge in [-0.2, -0.15) is 0 Å². The highest BCUT2D eigenvalue weighted by atomic mass is 35.5. The molecule has 0 amide bonds. The summed E-state index contributed by atoms with van der Waals surface area (Å²) in [5.41, 5.74) is -1.48. The van der Waals surface area contributed by atoms with Crippen molar-refractivity contribution in [3.63, 3.8) is 0 Å². The number of carbonyl (C=O) groups is 2. The zero-order valence-corrected chi connectivity index (χ0v) is 41.4. The summed E-state index contributed by atoms with van der Waals surface area (Å²) in [4.78, 5) is 31.7. The largest absolute Gasteiger partial charge is 0.459 e. The third kappa shape index (κ3) is 11.6. The highest BCUT2D eigenvalue weighted by Crippen LogP contribution is 2.47. The molecule has 1 aromatic rings. The highest BCUT2D eigenvalue weighted by Gasteiger charge is 2.57. The van der Waals surface area contributed by atoms with Gasteiger partial charge in [0.25, 0.3) is 0 Å². The van der Waals surface area contributed by atoms with E-state index in [0.29, 0.717) is 31.0 Å². The lowest BCUT2D eigenvalue weighted by atomic mass is 9.69. The molecule has 0 bridgehead atoms. The maximum atomic E-state index is 14.9. The Balaban J connectivity index is 1.63. The van der Waals surface area contributed by atoms with Gasteiger partial charge in [-0.1, -0.05) is 58.0 Å². The maximum Gasteiger partial charge on any atom is 0.311 e. The van der Waals surface area contributed by atoms with Crippen LogP contribution in [0.1, 0.15) is 100 Å². The first-order chi connectivity index (χ1) is 30.0. The number of aliphatic hydroxyl groups excluding tert-OH is 2. The monoisotopic (exact) mass is 923 g/mol. The zero-order valence-electron chi connectivity index (χ0n) is 40.6. The Hall–Kier alpha value is -2.05.